The number of amides is 1. The summed E-state index contributed by atoms with van der Waals surface area (Å²) in [5, 5.41) is 3.34. The Labute approximate surface area is 115 Å². The van der Waals surface area contributed by atoms with E-state index in [2.05, 4.69) is 21.2 Å². The first kappa shape index (κ1) is 13.5. The van der Waals surface area contributed by atoms with E-state index in [-0.39, 0.29) is 11.9 Å². The number of benzene rings is 1. The van der Waals surface area contributed by atoms with E-state index in [1.807, 2.05) is 31.3 Å². The Hall–Kier alpha value is -0.910. The third-order valence-corrected chi connectivity index (χ3v) is 3.40. The van der Waals surface area contributed by atoms with E-state index < -0.39 is 0 Å². The molecule has 2 rings (SSSR count). The van der Waals surface area contributed by atoms with Crippen LogP contribution in [0.25, 0.3) is 0 Å². The monoisotopic (exact) mass is 312 g/mol. The number of morpholine rings is 1. The molecule has 1 fully saturated rings. The maximum Gasteiger partial charge on any atom is 0.253 e. The summed E-state index contributed by atoms with van der Waals surface area (Å²) >= 11 is 3.37. The second-order valence-corrected chi connectivity index (χ2v) is 5.34. The first-order valence-electron chi connectivity index (χ1n) is 5.99. The van der Waals surface area contributed by atoms with E-state index in [4.69, 9.17) is 4.74 Å². The fourth-order valence-electron chi connectivity index (χ4n) is 1.99. The lowest BCUT2D eigenvalue weighted by molar-refractivity contribution is 0.0565. The molecule has 1 amide bonds. The Bertz CT molecular complexity index is 419. The summed E-state index contributed by atoms with van der Waals surface area (Å²) in [5.41, 5.74) is 0.698. The van der Waals surface area contributed by atoms with Gasteiger partial charge in [0.15, 0.2) is 0 Å². The number of rotatable bonds is 3. The molecule has 1 aliphatic heterocycles. The van der Waals surface area contributed by atoms with E-state index >= 15 is 0 Å². The highest BCUT2D eigenvalue weighted by molar-refractivity contribution is 9.10. The van der Waals surface area contributed by atoms with Crippen LogP contribution in [0.5, 0.6) is 0 Å². The van der Waals surface area contributed by atoms with Crippen LogP contribution < -0.4 is 5.32 Å². The smallest absolute Gasteiger partial charge is 0.253 e. The molecular weight excluding hydrogens is 296 g/mol. The first-order chi connectivity index (χ1) is 8.66. The zero-order valence-corrected chi connectivity index (χ0v) is 11.9. The summed E-state index contributed by atoms with van der Waals surface area (Å²) in [6.45, 7) is 2.92. The second kappa shape index (κ2) is 6.31. The van der Waals surface area contributed by atoms with Crippen LogP contribution in [0.4, 0.5) is 0 Å². The average molecular weight is 313 g/mol. The normalized spacial score (nSPS) is 19.6. The van der Waals surface area contributed by atoms with Gasteiger partial charge in [0.1, 0.15) is 0 Å². The lowest BCUT2D eigenvalue weighted by Crippen LogP contribution is -2.48. The van der Waals surface area contributed by atoms with E-state index in [9.17, 15) is 4.79 Å². The summed E-state index contributed by atoms with van der Waals surface area (Å²) in [6, 6.07) is 7.67. The van der Waals surface area contributed by atoms with Gasteiger partial charge in [0.05, 0.1) is 13.2 Å². The third-order valence-electron chi connectivity index (χ3n) is 2.91. The molecule has 0 spiro atoms. The molecule has 0 saturated carbocycles. The summed E-state index contributed by atoms with van der Waals surface area (Å²) in [7, 11) is 1.82. The molecule has 98 valence electrons. The Morgan fingerprint density at radius 2 is 2.44 bits per heavy atom. The average Bonchev–Trinajstić information content (AvgIpc) is 2.39. The van der Waals surface area contributed by atoms with Gasteiger partial charge >= 0.3 is 0 Å². The zero-order chi connectivity index (χ0) is 13.0. The summed E-state index contributed by atoms with van der Waals surface area (Å²) in [4.78, 5) is 13.9. The van der Waals surface area contributed by atoms with Crippen LogP contribution in [0, 0.1) is 0 Å². The van der Waals surface area contributed by atoms with E-state index in [0.717, 1.165) is 17.6 Å². The van der Waals surface area contributed by atoms with E-state index in [1.165, 1.54) is 0 Å². The van der Waals surface area contributed by atoms with Crippen molar-refractivity contribution in [2.75, 3.05) is 33.4 Å². The van der Waals surface area contributed by atoms with Crippen LogP contribution in [-0.4, -0.2) is 50.2 Å². The number of hydrogen-bond donors (Lipinski definition) is 1. The molecule has 1 aliphatic rings. The molecule has 1 heterocycles. The number of nitrogens with zero attached hydrogens (tertiary/aromatic N) is 1. The molecule has 1 saturated heterocycles. The van der Waals surface area contributed by atoms with Crippen LogP contribution in [0.15, 0.2) is 28.7 Å². The van der Waals surface area contributed by atoms with Crippen LogP contribution in [0.1, 0.15) is 10.4 Å². The van der Waals surface area contributed by atoms with Gasteiger partial charge in [-0.2, -0.15) is 0 Å². The second-order valence-electron chi connectivity index (χ2n) is 4.42. The molecule has 4 nitrogen and oxygen atoms in total. The van der Waals surface area contributed by atoms with E-state index in [0.29, 0.717) is 18.7 Å². The van der Waals surface area contributed by atoms with Crippen molar-refractivity contribution in [2.24, 2.45) is 0 Å². The molecule has 0 aliphatic carbocycles. The highest BCUT2D eigenvalue weighted by Crippen LogP contribution is 2.13. The molecule has 1 aromatic rings. The predicted octanol–water partition coefficient (Wildman–Crippen LogP) is 1.51. The quantitative estimate of drug-likeness (QED) is 0.920. The van der Waals surface area contributed by atoms with E-state index in [1.54, 1.807) is 4.90 Å². The number of hydrogen-bond acceptors (Lipinski definition) is 3. The minimum absolute atomic E-state index is 0.0312. The molecular formula is C13H17BrN2O2. The molecule has 1 atom stereocenters. The molecule has 0 bridgehead atoms. The van der Waals surface area contributed by atoms with Crippen molar-refractivity contribution in [1.29, 1.82) is 0 Å². The van der Waals surface area contributed by atoms with Crippen LogP contribution in [0.2, 0.25) is 0 Å². The van der Waals surface area contributed by atoms with Crippen LogP contribution >= 0.6 is 15.9 Å². The highest BCUT2D eigenvalue weighted by Gasteiger charge is 2.19. The zero-order valence-electron chi connectivity index (χ0n) is 10.4. The predicted molar refractivity (Wildman–Crippen MR) is 73.7 cm³/mol. The summed E-state index contributed by atoms with van der Waals surface area (Å²) in [6.07, 6.45) is 0. The lowest BCUT2D eigenvalue weighted by Gasteiger charge is -2.28. The lowest BCUT2D eigenvalue weighted by atomic mass is 10.2. The Balaban J connectivity index is 1.95. The van der Waals surface area contributed by atoms with Gasteiger partial charge in [-0.1, -0.05) is 22.0 Å². The molecule has 18 heavy (non-hydrogen) atoms. The van der Waals surface area contributed by atoms with Gasteiger partial charge in [-0.25, -0.2) is 0 Å². The minimum atomic E-state index is 0.0312. The number of carbonyl (C=O) groups excluding carboxylic acids is 1. The summed E-state index contributed by atoms with van der Waals surface area (Å²) < 4.78 is 6.30. The minimum Gasteiger partial charge on any atom is -0.378 e. The summed E-state index contributed by atoms with van der Waals surface area (Å²) in [5.74, 6) is 0.0312. The molecule has 1 aromatic carbocycles. The largest absolute Gasteiger partial charge is 0.378 e. The van der Waals surface area contributed by atoms with Crippen LogP contribution in [-0.2, 0) is 4.74 Å². The highest BCUT2D eigenvalue weighted by atomic mass is 79.9. The topological polar surface area (TPSA) is 41.6 Å². The Morgan fingerprint density at radius 3 is 3.11 bits per heavy atom. The van der Waals surface area contributed by atoms with Gasteiger partial charge in [-0.3, -0.25) is 4.79 Å². The van der Waals surface area contributed by atoms with Gasteiger partial charge in [0, 0.05) is 36.2 Å². The number of ether oxygens (including phenoxy) is 1. The number of halogens is 1. The Kier molecular flexibility index (Phi) is 4.74. The fraction of sp³-hybridized carbons (Fsp3) is 0.462. The molecule has 5 heteroatoms. The number of carbonyl (C=O) groups is 1. The number of likely N-dealkylation sites (N-methyl/N-ethyl adjacent to an activating group) is 1. The van der Waals surface area contributed by atoms with Gasteiger partial charge in [-0.15, -0.1) is 0 Å². The van der Waals surface area contributed by atoms with Crippen molar-refractivity contribution in [3.63, 3.8) is 0 Å². The van der Waals surface area contributed by atoms with Crippen molar-refractivity contribution < 1.29 is 9.53 Å². The van der Waals surface area contributed by atoms with Gasteiger partial charge < -0.3 is 15.0 Å². The van der Waals surface area contributed by atoms with Crippen molar-refractivity contribution in [3.8, 4) is 0 Å². The maximum absolute atomic E-state index is 12.2. The SMILES string of the molecule is CN(CC1COCCN1)C(=O)c1cccc(Br)c1. The molecule has 1 unspecified atom stereocenters. The fourth-order valence-corrected chi connectivity index (χ4v) is 2.39. The standard InChI is InChI=1S/C13H17BrN2O2/c1-16(8-12-9-18-6-5-15-12)13(17)10-3-2-4-11(14)7-10/h2-4,7,12,15H,5-6,8-9H2,1H3. The molecule has 0 radical (unpaired) electrons. The van der Waals surface area contributed by atoms with Crippen LogP contribution in [0.3, 0.4) is 0 Å². The van der Waals surface area contributed by atoms with Crippen molar-refractivity contribution in [2.45, 2.75) is 6.04 Å². The third kappa shape index (κ3) is 3.54. The molecule has 1 N–H and O–H groups in total. The van der Waals surface area contributed by atoms with Crippen molar-refractivity contribution >= 4 is 21.8 Å². The first-order valence-corrected chi connectivity index (χ1v) is 6.78. The van der Waals surface area contributed by atoms with Gasteiger partial charge in [-0.05, 0) is 18.2 Å². The van der Waals surface area contributed by atoms with Crippen molar-refractivity contribution in [3.05, 3.63) is 34.3 Å². The molecule has 0 aromatic heterocycles. The van der Waals surface area contributed by atoms with Gasteiger partial charge in [0.2, 0.25) is 0 Å². The van der Waals surface area contributed by atoms with Gasteiger partial charge in [0.25, 0.3) is 5.91 Å². The maximum atomic E-state index is 12.2. The Morgan fingerprint density at radius 1 is 1.61 bits per heavy atom. The number of nitrogens with one attached hydrogen (secondary N) is 1. The van der Waals surface area contributed by atoms with Crippen molar-refractivity contribution in [1.82, 2.24) is 10.2 Å².